The van der Waals surface area contributed by atoms with E-state index in [9.17, 15) is 9.59 Å². The van der Waals surface area contributed by atoms with E-state index in [1.807, 2.05) is 6.92 Å². The summed E-state index contributed by atoms with van der Waals surface area (Å²) in [5, 5.41) is 11.8. The number of nitrogens with one attached hydrogen (secondary N) is 2. The van der Waals surface area contributed by atoms with E-state index in [-0.39, 0.29) is 12.5 Å². The Hall–Kier alpha value is -1.82. The van der Waals surface area contributed by atoms with Gasteiger partial charge in [0, 0.05) is 25.8 Å². The monoisotopic (exact) mass is 237 g/mol. The first-order chi connectivity index (χ1) is 8.08. The number of amides is 1. The molecule has 0 spiro atoms. The zero-order chi connectivity index (χ0) is 12.4. The second kappa shape index (κ2) is 4.58. The third-order valence-corrected chi connectivity index (χ3v) is 2.82. The highest BCUT2D eigenvalue weighted by molar-refractivity contribution is 5.93. The fourth-order valence-corrected chi connectivity index (χ4v) is 1.90. The normalized spacial score (nSPS) is 20.3. The molecule has 0 aliphatic carbocycles. The van der Waals surface area contributed by atoms with Crippen LogP contribution < -0.4 is 5.32 Å². The summed E-state index contributed by atoms with van der Waals surface area (Å²) in [6.45, 7) is 3.13. The lowest BCUT2D eigenvalue weighted by Gasteiger charge is -2.31. The van der Waals surface area contributed by atoms with Crippen LogP contribution in [-0.4, -0.2) is 52.5 Å². The second-order valence-corrected chi connectivity index (χ2v) is 4.19. The minimum atomic E-state index is -0.926. The standard InChI is InChI=1S/C11H15N3O3/c1-7-4-8(13-5-7)10(15)14-3-2-12-9(6-14)11(16)17/h4-5,9,12-13H,2-3,6H2,1H3,(H,16,17). The van der Waals surface area contributed by atoms with Gasteiger partial charge in [-0.15, -0.1) is 0 Å². The number of aryl methyl sites for hydroxylation is 1. The molecular weight excluding hydrogens is 222 g/mol. The molecule has 1 atom stereocenters. The number of carbonyl (C=O) groups is 2. The van der Waals surface area contributed by atoms with Crippen molar-refractivity contribution in [3.05, 3.63) is 23.5 Å². The number of carbonyl (C=O) groups excluding carboxylic acids is 1. The number of H-pyrrole nitrogens is 1. The molecule has 6 heteroatoms. The maximum atomic E-state index is 12.1. The first-order valence-electron chi connectivity index (χ1n) is 5.48. The molecule has 1 aromatic heterocycles. The van der Waals surface area contributed by atoms with Crippen molar-refractivity contribution in [1.82, 2.24) is 15.2 Å². The van der Waals surface area contributed by atoms with Crippen LogP contribution in [-0.2, 0) is 4.79 Å². The van der Waals surface area contributed by atoms with Gasteiger partial charge in [-0.3, -0.25) is 9.59 Å². The first kappa shape index (κ1) is 11.7. The average Bonchev–Trinajstić information content (AvgIpc) is 2.75. The molecule has 1 unspecified atom stereocenters. The van der Waals surface area contributed by atoms with Crippen LogP contribution in [0.5, 0.6) is 0 Å². The summed E-state index contributed by atoms with van der Waals surface area (Å²) in [5.74, 6) is -1.07. The topological polar surface area (TPSA) is 85.4 Å². The smallest absolute Gasteiger partial charge is 0.322 e. The molecule has 6 nitrogen and oxygen atoms in total. The Morgan fingerprint density at radius 1 is 1.53 bits per heavy atom. The number of hydrogen-bond donors (Lipinski definition) is 3. The molecule has 2 heterocycles. The zero-order valence-electron chi connectivity index (χ0n) is 9.56. The maximum absolute atomic E-state index is 12.1. The van der Waals surface area contributed by atoms with Crippen LogP contribution in [0.1, 0.15) is 16.1 Å². The Labute approximate surface area is 98.6 Å². The Morgan fingerprint density at radius 3 is 2.88 bits per heavy atom. The fourth-order valence-electron chi connectivity index (χ4n) is 1.90. The van der Waals surface area contributed by atoms with Gasteiger partial charge >= 0.3 is 5.97 Å². The molecule has 0 bridgehead atoms. The highest BCUT2D eigenvalue weighted by Gasteiger charge is 2.28. The van der Waals surface area contributed by atoms with Crippen molar-refractivity contribution in [2.75, 3.05) is 19.6 Å². The number of aromatic nitrogens is 1. The third-order valence-electron chi connectivity index (χ3n) is 2.82. The predicted octanol–water partition coefficient (Wildman–Crippen LogP) is -0.178. The number of nitrogens with zero attached hydrogens (tertiary/aromatic N) is 1. The molecule has 0 aromatic carbocycles. The van der Waals surface area contributed by atoms with Crippen LogP contribution in [0.3, 0.4) is 0 Å². The summed E-state index contributed by atoms with van der Waals surface area (Å²) in [5.41, 5.74) is 1.49. The highest BCUT2D eigenvalue weighted by atomic mass is 16.4. The van der Waals surface area contributed by atoms with Crippen molar-refractivity contribution in [3.63, 3.8) is 0 Å². The van der Waals surface area contributed by atoms with Gasteiger partial charge in [-0.1, -0.05) is 0 Å². The summed E-state index contributed by atoms with van der Waals surface area (Å²) >= 11 is 0. The Morgan fingerprint density at radius 2 is 2.29 bits per heavy atom. The van der Waals surface area contributed by atoms with E-state index in [0.717, 1.165) is 5.56 Å². The lowest BCUT2D eigenvalue weighted by atomic mass is 10.2. The third kappa shape index (κ3) is 2.47. The SMILES string of the molecule is Cc1c[nH]c(C(=O)N2CCNC(C(=O)O)C2)c1. The molecule has 1 aliphatic heterocycles. The molecular formula is C11H15N3O3. The summed E-state index contributed by atoms with van der Waals surface area (Å²) < 4.78 is 0. The minimum Gasteiger partial charge on any atom is -0.480 e. The molecule has 2 rings (SSSR count). The number of hydrogen-bond acceptors (Lipinski definition) is 3. The zero-order valence-corrected chi connectivity index (χ0v) is 9.56. The van der Waals surface area contributed by atoms with Crippen molar-refractivity contribution >= 4 is 11.9 Å². The van der Waals surface area contributed by atoms with Crippen LogP contribution in [0.4, 0.5) is 0 Å². The number of rotatable bonds is 2. The molecule has 0 radical (unpaired) electrons. The molecule has 1 fully saturated rings. The van der Waals surface area contributed by atoms with E-state index in [4.69, 9.17) is 5.11 Å². The van der Waals surface area contributed by atoms with Gasteiger partial charge in [0.2, 0.25) is 0 Å². The summed E-state index contributed by atoms with van der Waals surface area (Å²) in [6.07, 6.45) is 1.75. The molecule has 17 heavy (non-hydrogen) atoms. The van der Waals surface area contributed by atoms with Gasteiger partial charge in [0.1, 0.15) is 11.7 Å². The van der Waals surface area contributed by atoms with Gasteiger partial charge in [-0.25, -0.2) is 0 Å². The van der Waals surface area contributed by atoms with E-state index < -0.39 is 12.0 Å². The molecule has 3 N–H and O–H groups in total. The molecule has 0 saturated carbocycles. The van der Waals surface area contributed by atoms with Gasteiger partial charge in [-0.05, 0) is 18.6 Å². The number of aromatic amines is 1. The predicted molar refractivity (Wildman–Crippen MR) is 60.9 cm³/mol. The van der Waals surface area contributed by atoms with Gasteiger partial charge in [-0.2, -0.15) is 0 Å². The fraction of sp³-hybridized carbons (Fsp3) is 0.455. The van der Waals surface area contributed by atoms with Crippen LogP contribution in [0.25, 0.3) is 0 Å². The molecule has 1 aliphatic rings. The minimum absolute atomic E-state index is 0.147. The van der Waals surface area contributed by atoms with Crippen molar-refractivity contribution in [2.24, 2.45) is 0 Å². The summed E-state index contributed by atoms with van der Waals surface area (Å²) in [4.78, 5) is 27.4. The molecule has 1 aromatic rings. The van der Waals surface area contributed by atoms with E-state index in [1.54, 1.807) is 17.2 Å². The summed E-state index contributed by atoms with van der Waals surface area (Å²) in [7, 11) is 0. The Kier molecular flexibility index (Phi) is 3.14. The average molecular weight is 237 g/mol. The Bertz CT molecular complexity index is 441. The van der Waals surface area contributed by atoms with Crippen molar-refractivity contribution in [3.8, 4) is 0 Å². The highest BCUT2D eigenvalue weighted by Crippen LogP contribution is 2.08. The van der Waals surface area contributed by atoms with Gasteiger partial charge < -0.3 is 20.3 Å². The maximum Gasteiger partial charge on any atom is 0.322 e. The number of carboxylic acids is 1. The number of aliphatic carboxylic acids is 1. The van der Waals surface area contributed by atoms with Gasteiger partial charge in [0.15, 0.2) is 0 Å². The van der Waals surface area contributed by atoms with Crippen LogP contribution in [0, 0.1) is 6.92 Å². The largest absolute Gasteiger partial charge is 0.480 e. The second-order valence-electron chi connectivity index (χ2n) is 4.19. The number of piperazine rings is 1. The van der Waals surface area contributed by atoms with E-state index in [2.05, 4.69) is 10.3 Å². The van der Waals surface area contributed by atoms with E-state index in [0.29, 0.717) is 18.8 Å². The van der Waals surface area contributed by atoms with Crippen LogP contribution >= 0.6 is 0 Å². The van der Waals surface area contributed by atoms with Crippen molar-refractivity contribution in [1.29, 1.82) is 0 Å². The molecule has 1 amide bonds. The van der Waals surface area contributed by atoms with Crippen molar-refractivity contribution in [2.45, 2.75) is 13.0 Å². The van der Waals surface area contributed by atoms with E-state index in [1.165, 1.54) is 0 Å². The van der Waals surface area contributed by atoms with Gasteiger partial charge in [0.25, 0.3) is 5.91 Å². The van der Waals surface area contributed by atoms with Gasteiger partial charge in [0.05, 0.1) is 0 Å². The molecule has 1 saturated heterocycles. The van der Waals surface area contributed by atoms with E-state index >= 15 is 0 Å². The molecule has 92 valence electrons. The lowest BCUT2D eigenvalue weighted by Crippen LogP contribution is -2.55. The lowest BCUT2D eigenvalue weighted by molar-refractivity contribution is -0.140. The van der Waals surface area contributed by atoms with Crippen LogP contribution in [0.2, 0.25) is 0 Å². The quantitative estimate of drug-likeness (QED) is 0.666. The number of carboxylic acid groups (broad SMARTS) is 1. The Balaban J connectivity index is 2.07. The first-order valence-corrected chi connectivity index (χ1v) is 5.48. The summed E-state index contributed by atoms with van der Waals surface area (Å²) in [6, 6.07) is 1.09. The van der Waals surface area contributed by atoms with Crippen LogP contribution in [0.15, 0.2) is 12.3 Å². The van der Waals surface area contributed by atoms with Crippen molar-refractivity contribution < 1.29 is 14.7 Å².